The van der Waals surface area contributed by atoms with Crippen LogP contribution < -0.4 is 4.72 Å². The number of alkyl halides is 1. The highest BCUT2D eigenvalue weighted by molar-refractivity contribution is 7.89. The zero-order chi connectivity index (χ0) is 13.3. The van der Waals surface area contributed by atoms with Gasteiger partial charge in [0, 0.05) is 19.0 Å². The van der Waals surface area contributed by atoms with Gasteiger partial charge in [0.15, 0.2) is 5.03 Å². The fraction of sp³-hybridized carbons (Fsp3) is 0.700. The van der Waals surface area contributed by atoms with Crippen LogP contribution in [0.1, 0.15) is 19.3 Å². The molecule has 1 N–H and O–H groups in total. The molecule has 0 spiro atoms. The molecule has 2 atom stereocenters. The second-order valence-corrected chi connectivity index (χ2v) is 7.13. The molecule has 1 aromatic rings. The number of halogens is 2. The lowest BCUT2D eigenvalue weighted by atomic mass is 10.1. The predicted octanol–water partition coefficient (Wildman–Crippen LogP) is 1.76. The third kappa shape index (κ3) is 2.82. The Bertz CT molecular complexity index is 510. The Morgan fingerprint density at radius 3 is 2.78 bits per heavy atom. The van der Waals surface area contributed by atoms with Gasteiger partial charge in [-0.1, -0.05) is 18.0 Å². The Hall–Kier alpha value is -0.300. The first-order valence-electron chi connectivity index (χ1n) is 5.73. The molecule has 0 aromatic carbocycles. The summed E-state index contributed by atoms with van der Waals surface area (Å²) in [5.74, 6) is 0.188. The standard InChI is InChI=1S/C10H15Cl2N3O2S/c1-15-10(9(12)6-13-15)18(16,17)14-5-7-3-2-4-8(7)11/h6-8,14H,2-5H2,1H3. The van der Waals surface area contributed by atoms with Crippen LogP contribution in [-0.4, -0.2) is 30.1 Å². The molecule has 0 bridgehead atoms. The van der Waals surface area contributed by atoms with Crippen molar-refractivity contribution in [3.63, 3.8) is 0 Å². The number of aromatic nitrogens is 2. The maximum atomic E-state index is 12.1. The minimum Gasteiger partial charge on any atom is -0.255 e. The van der Waals surface area contributed by atoms with Crippen molar-refractivity contribution >= 4 is 33.2 Å². The van der Waals surface area contributed by atoms with Crippen LogP contribution in [0.5, 0.6) is 0 Å². The van der Waals surface area contributed by atoms with E-state index >= 15 is 0 Å². The number of nitrogens with one attached hydrogen (secondary N) is 1. The van der Waals surface area contributed by atoms with E-state index in [0.717, 1.165) is 19.3 Å². The smallest absolute Gasteiger partial charge is 0.255 e. The Morgan fingerprint density at radius 2 is 2.28 bits per heavy atom. The van der Waals surface area contributed by atoms with E-state index in [0.29, 0.717) is 6.54 Å². The zero-order valence-corrected chi connectivity index (χ0v) is 12.3. The van der Waals surface area contributed by atoms with Gasteiger partial charge >= 0.3 is 0 Å². The predicted molar refractivity (Wildman–Crippen MR) is 70.4 cm³/mol. The lowest BCUT2D eigenvalue weighted by Crippen LogP contribution is -2.32. The van der Waals surface area contributed by atoms with Crippen LogP contribution in [0.3, 0.4) is 0 Å². The molecule has 1 aromatic heterocycles. The summed E-state index contributed by atoms with van der Waals surface area (Å²) >= 11 is 11.9. The summed E-state index contributed by atoms with van der Waals surface area (Å²) in [5.41, 5.74) is 0. The molecule has 0 aliphatic heterocycles. The Labute approximate surface area is 117 Å². The van der Waals surface area contributed by atoms with Crippen LogP contribution in [-0.2, 0) is 17.1 Å². The van der Waals surface area contributed by atoms with E-state index in [-0.39, 0.29) is 21.3 Å². The minimum atomic E-state index is -3.63. The van der Waals surface area contributed by atoms with E-state index in [1.165, 1.54) is 10.9 Å². The molecule has 18 heavy (non-hydrogen) atoms. The lowest BCUT2D eigenvalue weighted by Gasteiger charge is -2.14. The normalized spacial score (nSPS) is 24.6. The van der Waals surface area contributed by atoms with E-state index in [2.05, 4.69) is 9.82 Å². The molecule has 5 nitrogen and oxygen atoms in total. The average Bonchev–Trinajstić information content (AvgIpc) is 2.83. The summed E-state index contributed by atoms with van der Waals surface area (Å²) in [6.45, 7) is 0.345. The lowest BCUT2D eigenvalue weighted by molar-refractivity contribution is 0.517. The van der Waals surface area contributed by atoms with Gasteiger partial charge in [0.25, 0.3) is 10.0 Å². The Balaban J connectivity index is 2.08. The van der Waals surface area contributed by atoms with Crippen LogP contribution in [0, 0.1) is 5.92 Å². The first kappa shape index (κ1) is 14.1. The van der Waals surface area contributed by atoms with Crippen molar-refractivity contribution in [1.29, 1.82) is 0 Å². The Kier molecular flexibility index (Phi) is 4.21. The van der Waals surface area contributed by atoms with Gasteiger partial charge < -0.3 is 0 Å². The van der Waals surface area contributed by atoms with Gasteiger partial charge in [-0.25, -0.2) is 13.1 Å². The molecular weight excluding hydrogens is 297 g/mol. The summed E-state index contributed by atoms with van der Waals surface area (Å²) in [6.07, 6.45) is 4.26. The Morgan fingerprint density at radius 1 is 1.56 bits per heavy atom. The molecule has 102 valence electrons. The van der Waals surface area contributed by atoms with Crippen LogP contribution >= 0.6 is 23.2 Å². The summed E-state index contributed by atoms with van der Waals surface area (Å²) in [6, 6.07) is 0. The molecular formula is C10H15Cl2N3O2S. The summed E-state index contributed by atoms with van der Waals surface area (Å²) in [4.78, 5) is 0. The highest BCUT2D eigenvalue weighted by Crippen LogP contribution is 2.30. The van der Waals surface area contributed by atoms with Crippen LogP contribution in [0.25, 0.3) is 0 Å². The quantitative estimate of drug-likeness (QED) is 0.862. The summed E-state index contributed by atoms with van der Waals surface area (Å²) in [7, 11) is -2.09. The maximum Gasteiger partial charge on any atom is 0.259 e. The van der Waals surface area contributed by atoms with Crippen molar-refractivity contribution in [2.75, 3.05) is 6.54 Å². The number of sulfonamides is 1. The fourth-order valence-electron chi connectivity index (χ4n) is 2.21. The third-order valence-electron chi connectivity index (χ3n) is 3.20. The fourth-order valence-corrected chi connectivity index (χ4v) is 4.32. The average molecular weight is 312 g/mol. The molecule has 1 fully saturated rings. The zero-order valence-electron chi connectivity index (χ0n) is 9.94. The molecule has 1 heterocycles. The molecule has 0 amide bonds. The van der Waals surface area contributed by atoms with E-state index in [9.17, 15) is 8.42 Å². The molecule has 2 rings (SSSR count). The first-order chi connectivity index (χ1) is 8.42. The van der Waals surface area contributed by atoms with Crippen LogP contribution in [0.4, 0.5) is 0 Å². The monoisotopic (exact) mass is 311 g/mol. The van der Waals surface area contributed by atoms with Gasteiger partial charge in [-0.05, 0) is 18.8 Å². The molecule has 8 heteroatoms. The van der Waals surface area contributed by atoms with Crippen molar-refractivity contribution in [3.05, 3.63) is 11.2 Å². The van der Waals surface area contributed by atoms with Crippen molar-refractivity contribution in [2.45, 2.75) is 29.7 Å². The van der Waals surface area contributed by atoms with Gasteiger partial charge in [0.2, 0.25) is 0 Å². The number of hydrogen-bond acceptors (Lipinski definition) is 3. The van der Waals surface area contributed by atoms with Gasteiger partial charge in [-0.15, -0.1) is 11.6 Å². The van der Waals surface area contributed by atoms with Crippen molar-refractivity contribution in [1.82, 2.24) is 14.5 Å². The highest BCUT2D eigenvalue weighted by Gasteiger charge is 2.28. The first-order valence-corrected chi connectivity index (χ1v) is 8.03. The molecule has 1 saturated carbocycles. The van der Waals surface area contributed by atoms with Crippen molar-refractivity contribution in [2.24, 2.45) is 13.0 Å². The third-order valence-corrected chi connectivity index (χ3v) is 5.70. The summed E-state index contributed by atoms with van der Waals surface area (Å²) in [5, 5.41) is 3.99. The number of aryl methyl sites for hydroxylation is 1. The highest BCUT2D eigenvalue weighted by atomic mass is 35.5. The second-order valence-electron chi connectivity index (χ2n) is 4.48. The topological polar surface area (TPSA) is 64.0 Å². The molecule has 1 aliphatic rings. The molecule has 0 saturated heterocycles. The van der Waals surface area contributed by atoms with Gasteiger partial charge in [0.1, 0.15) is 0 Å². The molecule has 0 radical (unpaired) electrons. The van der Waals surface area contributed by atoms with Gasteiger partial charge in [-0.3, -0.25) is 4.68 Å². The molecule has 1 aliphatic carbocycles. The molecule has 2 unspecified atom stereocenters. The van der Waals surface area contributed by atoms with Crippen LogP contribution in [0.2, 0.25) is 5.02 Å². The SMILES string of the molecule is Cn1ncc(Cl)c1S(=O)(=O)NCC1CCCC1Cl. The van der Waals surface area contributed by atoms with Gasteiger partial charge in [-0.2, -0.15) is 5.10 Å². The van der Waals surface area contributed by atoms with Crippen LogP contribution in [0.15, 0.2) is 11.2 Å². The maximum absolute atomic E-state index is 12.1. The largest absolute Gasteiger partial charge is 0.259 e. The van der Waals surface area contributed by atoms with Crippen molar-refractivity contribution in [3.8, 4) is 0 Å². The second kappa shape index (κ2) is 5.36. The number of rotatable bonds is 4. The van der Waals surface area contributed by atoms with Crippen molar-refractivity contribution < 1.29 is 8.42 Å². The van der Waals surface area contributed by atoms with E-state index < -0.39 is 10.0 Å². The van der Waals surface area contributed by atoms with E-state index in [1.54, 1.807) is 7.05 Å². The number of hydrogen-bond donors (Lipinski definition) is 1. The van der Waals surface area contributed by atoms with Gasteiger partial charge in [0.05, 0.1) is 11.2 Å². The minimum absolute atomic E-state index is 0.00622. The summed E-state index contributed by atoms with van der Waals surface area (Å²) < 4.78 is 28.0. The number of nitrogens with zero attached hydrogens (tertiary/aromatic N) is 2. The van der Waals surface area contributed by atoms with E-state index in [4.69, 9.17) is 23.2 Å². The van der Waals surface area contributed by atoms with E-state index in [1.807, 2.05) is 0 Å².